The molecule has 2 heterocycles. The van der Waals surface area contributed by atoms with Crippen LogP contribution >= 0.6 is 0 Å². The fourth-order valence-electron chi connectivity index (χ4n) is 1.91. The molecule has 0 aromatic carbocycles. The molecule has 0 bridgehead atoms. The van der Waals surface area contributed by atoms with Crippen molar-refractivity contribution in [1.29, 1.82) is 0 Å². The van der Waals surface area contributed by atoms with Gasteiger partial charge >= 0.3 is 0 Å². The summed E-state index contributed by atoms with van der Waals surface area (Å²) in [6.07, 6.45) is 2.65. The second kappa shape index (κ2) is 6.32. The van der Waals surface area contributed by atoms with Crippen molar-refractivity contribution in [2.24, 2.45) is 5.92 Å². The minimum absolute atomic E-state index is 0.552. The molecular weight excluding hydrogens is 252 g/mol. The molecule has 5 nitrogen and oxygen atoms in total. The van der Waals surface area contributed by atoms with Crippen molar-refractivity contribution < 1.29 is 4.74 Å². The van der Waals surface area contributed by atoms with E-state index in [0.29, 0.717) is 17.6 Å². The summed E-state index contributed by atoms with van der Waals surface area (Å²) < 4.78 is 5.06. The first-order valence-corrected chi connectivity index (χ1v) is 6.68. The zero-order valence-electron chi connectivity index (χ0n) is 12.3. The summed E-state index contributed by atoms with van der Waals surface area (Å²) in [5.41, 5.74) is 1.91. The summed E-state index contributed by atoms with van der Waals surface area (Å²) in [5, 5.41) is 3.08. The van der Waals surface area contributed by atoms with Crippen LogP contribution < -0.4 is 10.1 Å². The maximum atomic E-state index is 5.06. The molecule has 0 aliphatic carbocycles. The average molecular weight is 272 g/mol. The molecule has 0 radical (unpaired) electrons. The molecular formula is C15H20N4O. The highest BCUT2D eigenvalue weighted by molar-refractivity contribution is 5.56. The van der Waals surface area contributed by atoms with Crippen molar-refractivity contribution in [2.75, 3.05) is 19.5 Å². The van der Waals surface area contributed by atoms with E-state index in [1.54, 1.807) is 13.3 Å². The number of rotatable bonds is 5. The van der Waals surface area contributed by atoms with E-state index in [4.69, 9.17) is 4.74 Å². The van der Waals surface area contributed by atoms with E-state index in [-0.39, 0.29) is 0 Å². The van der Waals surface area contributed by atoms with Gasteiger partial charge in [0.1, 0.15) is 5.82 Å². The van der Waals surface area contributed by atoms with E-state index in [9.17, 15) is 0 Å². The van der Waals surface area contributed by atoms with Gasteiger partial charge in [0.2, 0.25) is 5.88 Å². The van der Waals surface area contributed by atoms with Gasteiger partial charge in [-0.15, -0.1) is 0 Å². The van der Waals surface area contributed by atoms with Crippen molar-refractivity contribution in [3.05, 3.63) is 30.1 Å². The van der Waals surface area contributed by atoms with Gasteiger partial charge in [-0.3, -0.25) is 0 Å². The highest BCUT2D eigenvalue weighted by Crippen LogP contribution is 2.20. The fraction of sp³-hybridized carbons (Fsp3) is 0.400. The molecule has 0 aliphatic rings. The third-order valence-electron chi connectivity index (χ3n) is 2.86. The molecule has 0 saturated carbocycles. The van der Waals surface area contributed by atoms with Gasteiger partial charge < -0.3 is 10.1 Å². The molecule has 0 amide bonds. The zero-order chi connectivity index (χ0) is 14.5. The summed E-state index contributed by atoms with van der Waals surface area (Å²) in [5.74, 6) is 2.64. The lowest BCUT2D eigenvalue weighted by Gasteiger charge is -2.09. The van der Waals surface area contributed by atoms with E-state index in [1.165, 1.54) is 0 Å². The molecule has 0 saturated heterocycles. The first kappa shape index (κ1) is 14.2. The zero-order valence-corrected chi connectivity index (χ0v) is 12.3. The van der Waals surface area contributed by atoms with E-state index in [2.05, 4.69) is 34.1 Å². The van der Waals surface area contributed by atoms with E-state index in [0.717, 1.165) is 23.5 Å². The first-order chi connectivity index (χ1) is 9.62. The SMILES string of the molecule is CNc1cc(CC(C)C)nc(-c2ccc(OC)nc2)n1. The quantitative estimate of drug-likeness (QED) is 0.907. The number of hydrogen-bond acceptors (Lipinski definition) is 5. The molecule has 1 N–H and O–H groups in total. The Morgan fingerprint density at radius 2 is 2.05 bits per heavy atom. The second-order valence-electron chi connectivity index (χ2n) is 5.01. The highest BCUT2D eigenvalue weighted by Gasteiger charge is 2.08. The summed E-state index contributed by atoms with van der Waals surface area (Å²) >= 11 is 0. The Hall–Kier alpha value is -2.17. The minimum atomic E-state index is 0.552. The van der Waals surface area contributed by atoms with Crippen LogP contribution in [0.3, 0.4) is 0 Å². The molecule has 0 aliphatic heterocycles. The molecule has 2 rings (SSSR count). The van der Waals surface area contributed by atoms with Gasteiger partial charge in [0.25, 0.3) is 0 Å². The van der Waals surface area contributed by atoms with Crippen molar-refractivity contribution in [2.45, 2.75) is 20.3 Å². The number of hydrogen-bond donors (Lipinski definition) is 1. The Bertz CT molecular complexity index is 567. The molecule has 0 unspecified atom stereocenters. The highest BCUT2D eigenvalue weighted by atomic mass is 16.5. The van der Waals surface area contributed by atoms with Gasteiger partial charge in [0, 0.05) is 36.6 Å². The van der Waals surface area contributed by atoms with Crippen molar-refractivity contribution >= 4 is 5.82 Å². The largest absolute Gasteiger partial charge is 0.481 e. The molecule has 2 aromatic heterocycles. The third kappa shape index (κ3) is 3.44. The van der Waals surface area contributed by atoms with Crippen molar-refractivity contribution in [1.82, 2.24) is 15.0 Å². The van der Waals surface area contributed by atoms with Crippen LogP contribution in [0.4, 0.5) is 5.82 Å². The summed E-state index contributed by atoms with van der Waals surface area (Å²) in [4.78, 5) is 13.3. The van der Waals surface area contributed by atoms with Crippen LogP contribution in [0.2, 0.25) is 0 Å². The van der Waals surface area contributed by atoms with E-state index >= 15 is 0 Å². The van der Waals surface area contributed by atoms with Gasteiger partial charge in [-0.05, 0) is 18.4 Å². The maximum absolute atomic E-state index is 5.06. The Kier molecular flexibility index (Phi) is 4.50. The fourth-order valence-corrected chi connectivity index (χ4v) is 1.91. The van der Waals surface area contributed by atoms with Crippen molar-refractivity contribution in [3.8, 4) is 17.3 Å². The third-order valence-corrected chi connectivity index (χ3v) is 2.86. The van der Waals surface area contributed by atoms with E-state index in [1.807, 2.05) is 25.2 Å². The monoisotopic (exact) mass is 272 g/mol. The van der Waals surface area contributed by atoms with Crippen LogP contribution in [-0.4, -0.2) is 29.1 Å². The first-order valence-electron chi connectivity index (χ1n) is 6.68. The molecule has 2 aromatic rings. The average Bonchev–Trinajstić information content (AvgIpc) is 2.46. The number of ether oxygens (including phenoxy) is 1. The van der Waals surface area contributed by atoms with Gasteiger partial charge in [0.05, 0.1) is 7.11 Å². The second-order valence-corrected chi connectivity index (χ2v) is 5.01. The van der Waals surface area contributed by atoms with Gasteiger partial charge in [0.15, 0.2) is 5.82 Å². The Balaban J connectivity index is 2.38. The minimum Gasteiger partial charge on any atom is -0.481 e. The van der Waals surface area contributed by atoms with Gasteiger partial charge in [-0.25, -0.2) is 15.0 Å². The number of methoxy groups -OCH3 is 1. The standard InChI is InChI=1S/C15H20N4O/c1-10(2)7-12-8-13(16-3)19-15(18-12)11-5-6-14(20-4)17-9-11/h5-6,8-10H,7H2,1-4H3,(H,16,18,19). The summed E-state index contributed by atoms with van der Waals surface area (Å²) in [7, 11) is 3.46. The lowest BCUT2D eigenvalue weighted by Crippen LogP contribution is -2.04. The van der Waals surface area contributed by atoms with E-state index < -0.39 is 0 Å². The molecule has 0 fully saturated rings. The van der Waals surface area contributed by atoms with Crippen LogP contribution in [0.15, 0.2) is 24.4 Å². The number of nitrogens with zero attached hydrogens (tertiary/aromatic N) is 3. The maximum Gasteiger partial charge on any atom is 0.212 e. The predicted molar refractivity (Wildman–Crippen MR) is 79.9 cm³/mol. The number of anilines is 1. The topological polar surface area (TPSA) is 59.9 Å². The molecule has 20 heavy (non-hydrogen) atoms. The van der Waals surface area contributed by atoms with Crippen LogP contribution in [0, 0.1) is 5.92 Å². The molecule has 106 valence electrons. The lowest BCUT2D eigenvalue weighted by atomic mass is 10.1. The molecule has 0 spiro atoms. The normalized spacial score (nSPS) is 10.7. The van der Waals surface area contributed by atoms with Crippen LogP contribution in [0.1, 0.15) is 19.5 Å². The van der Waals surface area contributed by atoms with Gasteiger partial charge in [-0.1, -0.05) is 13.8 Å². The summed E-state index contributed by atoms with van der Waals surface area (Å²) in [6, 6.07) is 5.72. The Labute approximate surface area is 119 Å². The van der Waals surface area contributed by atoms with Crippen LogP contribution in [-0.2, 0) is 6.42 Å². The smallest absolute Gasteiger partial charge is 0.212 e. The molecule has 5 heteroatoms. The number of pyridine rings is 1. The number of aromatic nitrogens is 3. The predicted octanol–water partition coefficient (Wildman–Crippen LogP) is 2.79. The van der Waals surface area contributed by atoms with Gasteiger partial charge in [-0.2, -0.15) is 0 Å². The lowest BCUT2D eigenvalue weighted by molar-refractivity contribution is 0.398. The molecule has 0 atom stereocenters. The Morgan fingerprint density at radius 1 is 1.25 bits per heavy atom. The Morgan fingerprint density at radius 3 is 2.60 bits per heavy atom. The summed E-state index contributed by atoms with van der Waals surface area (Å²) in [6.45, 7) is 4.35. The van der Waals surface area contributed by atoms with Crippen LogP contribution in [0.25, 0.3) is 11.4 Å². The van der Waals surface area contributed by atoms with Crippen molar-refractivity contribution in [3.63, 3.8) is 0 Å². The number of nitrogens with one attached hydrogen (secondary N) is 1. The van der Waals surface area contributed by atoms with Crippen LogP contribution in [0.5, 0.6) is 5.88 Å².